The maximum Gasteiger partial charge on any atom is 0.162 e. The number of rotatable bonds is 2. The molecule has 0 saturated carbocycles. The molecule has 1 aromatic carbocycles. The molecular formula is C12H12FNO2. The summed E-state index contributed by atoms with van der Waals surface area (Å²) in [7, 11) is 1.49. The van der Waals surface area contributed by atoms with Gasteiger partial charge in [-0.25, -0.2) is 4.39 Å². The smallest absolute Gasteiger partial charge is 0.162 e. The number of carbonyl (C=O) groups is 1. The molecule has 0 fully saturated rings. The number of fused-ring (bicyclic) bond motifs is 1. The quantitative estimate of drug-likeness (QED) is 0.792. The van der Waals surface area contributed by atoms with Gasteiger partial charge in [0.15, 0.2) is 5.78 Å². The summed E-state index contributed by atoms with van der Waals surface area (Å²) >= 11 is 0. The summed E-state index contributed by atoms with van der Waals surface area (Å²) in [5, 5.41) is 0.339. The highest BCUT2D eigenvalue weighted by molar-refractivity contribution is 6.07. The van der Waals surface area contributed by atoms with Crippen LogP contribution in [0.1, 0.15) is 22.8 Å². The van der Waals surface area contributed by atoms with Crippen molar-refractivity contribution in [3.05, 3.63) is 29.2 Å². The molecular weight excluding hydrogens is 209 g/mol. The zero-order valence-corrected chi connectivity index (χ0v) is 9.35. The van der Waals surface area contributed by atoms with E-state index >= 15 is 0 Å². The number of nitrogens with one attached hydrogen (secondary N) is 1. The van der Waals surface area contributed by atoms with Crippen molar-refractivity contribution in [2.24, 2.45) is 0 Å². The summed E-state index contributed by atoms with van der Waals surface area (Å²) in [5.41, 5.74) is 1.36. The minimum Gasteiger partial charge on any atom is -0.496 e. The maximum atomic E-state index is 14.0. The first-order chi connectivity index (χ1) is 7.56. The largest absolute Gasteiger partial charge is 0.496 e. The number of methoxy groups -OCH3 is 1. The molecule has 4 heteroatoms. The number of carbonyl (C=O) groups excluding carboxylic acids is 1. The summed E-state index contributed by atoms with van der Waals surface area (Å²) in [4.78, 5) is 14.2. The van der Waals surface area contributed by atoms with Crippen LogP contribution in [0.15, 0.2) is 12.3 Å². The molecule has 0 aliphatic heterocycles. The molecule has 1 aromatic heterocycles. The van der Waals surface area contributed by atoms with Gasteiger partial charge in [-0.05, 0) is 13.8 Å². The fourth-order valence-electron chi connectivity index (χ4n) is 1.81. The monoisotopic (exact) mass is 221 g/mol. The molecule has 2 aromatic rings. The van der Waals surface area contributed by atoms with E-state index in [0.29, 0.717) is 27.8 Å². The third kappa shape index (κ3) is 1.38. The molecule has 2 rings (SSSR count). The highest BCUT2D eigenvalue weighted by Gasteiger charge is 2.17. The van der Waals surface area contributed by atoms with Gasteiger partial charge in [0.1, 0.15) is 11.6 Å². The Bertz CT molecular complexity index is 572. The van der Waals surface area contributed by atoms with Crippen molar-refractivity contribution < 1.29 is 13.9 Å². The van der Waals surface area contributed by atoms with E-state index in [1.54, 1.807) is 13.0 Å². The first kappa shape index (κ1) is 10.7. The van der Waals surface area contributed by atoms with Gasteiger partial charge >= 0.3 is 0 Å². The molecule has 0 aliphatic rings. The van der Waals surface area contributed by atoms with Crippen LogP contribution >= 0.6 is 0 Å². The van der Waals surface area contributed by atoms with Gasteiger partial charge in [0.05, 0.1) is 12.6 Å². The zero-order chi connectivity index (χ0) is 11.9. The number of aromatic amines is 1. The van der Waals surface area contributed by atoms with Crippen molar-refractivity contribution in [3.8, 4) is 5.75 Å². The first-order valence-electron chi connectivity index (χ1n) is 4.91. The lowest BCUT2D eigenvalue weighted by Crippen LogP contribution is -1.95. The van der Waals surface area contributed by atoms with Gasteiger partial charge < -0.3 is 9.72 Å². The molecule has 0 unspecified atom stereocenters. The normalized spacial score (nSPS) is 10.8. The average Bonchev–Trinajstić information content (AvgIpc) is 2.67. The number of hydrogen-bond acceptors (Lipinski definition) is 2. The fraction of sp³-hybridized carbons (Fsp3) is 0.250. The standard InChI is InChI=1S/C12H12FNO2/c1-6-10(16-3)4-9-11(12(6)13)8(5-14-9)7(2)15/h4-5,14H,1-3H3. The van der Waals surface area contributed by atoms with Crippen LogP contribution in [0.2, 0.25) is 0 Å². The van der Waals surface area contributed by atoms with Crippen LogP contribution in [0.4, 0.5) is 4.39 Å². The first-order valence-corrected chi connectivity index (χ1v) is 4.91. The van der Waals surface area contributed by atoms with Gasteiger partial charge in [-0.3, -0.25) is 4.79 Å². The van der Waals surface area contributed by atoms with Crippen molar-refractivity contribution in [1.82, 2.24) is 4.98 Å². The predicted octanol–water partition coefficient (Wildman–Crippen LogP) is 2.83. The predicted molar refractivity (Wildman–Crippen MR) is 59.6 cm³/mol. The van der Waals surface area contributed by atoms with E-state index in [4.69, 9.17) is 4.74 Å². The average molecular weight is 221 g/mol. The van der Waals surface area contributed by atoms with Crippen LogP contribution in [-0.4, -0.2) is 17.9 Å². The van der Waals surface area contributed by atoms with Crippen LogP contribution in [0.25, 0.3) is 10.9 Å². The molecule has 0 atom stereocenters. The van der Waals surface area contributed by atoms with Crippen molar-refractivity contribution in [2.75, 3.05) is 7.11 Å². The van der Waals surface area contributed by atoms with Gasteiger partial charge in [-0.2, -0.15) is 0 Å². The highest BCUT2D eigenvalue weighted by Crippen LogP contribution is 2.31. The molecule has 0 radical (unpaired) electrons. The Hall–Kier alpha value is -1.84. The topological polar surface area (TPSA) is 42.1 Å². The number of ketones is 1. The van der Waals surface area contributed by atoms with Crippen LogP contribution in [0.5, 0.6) is 5.75 Å². The van der Waals surface area contributed by atoms with Crippen molar-refractivity contribution in [1.29, 1.82) is 0 Å². The fourth-order valence-corrected chi connectivity index (χ4v) is 1.81. The maximum absolute atomic E-state index is 14.0. The van der Waals surface area contributed by atoms with Gasteiger partial charge in [0.2, 0.25) is 0 Å². The van der Waals surface area contributed by atoms with E-state index in [-0.39, 0.29) is 5.78 Å². The third-order valence-corrected chi connectivity index (χ3v) is 2.70. The molecule has 0 spiro atoms. The van der Waals surface area contributed by atoms with Gasteiger partial charge in [-0.1, -0.05) is 0 Å². The second kappa shape index (κ2) is 3.63. The summed E-state index contributed by atoms with van der Waals surface area (Å²) in [6.07, 6.45) is 1.52. The summed E-state index contributed by atoms with van der Waals surface area (Å²) in [6, 6.07) is 1.69. The van der Waals surface area contributed by atoms with Crippen molar-refractivity contribution >= 4 is 16.7 Å². The SMILES string of the molecule is COc1cc2[nH]cc(C(C)=O)c2c(F)c1C. The Balaban J connectivity index is 2.85. The third-order valence-electron chi connectivity index (χ3n) is 2.70. The number of benzene rings is 1. The van der Waals surface area contributed by atoms with E-state index in [2.05, 4.69) is 4.98 Å². The lowest BCUT2D eigenvalue weighted by molar-refractivity contribution is 0.101. The summed E-state index contributed by atoms with van der Waals surface area (Å²) in [5.74, 6) is -0.0857. The van der Waals surface area contributed by atoms with E-state index < -0.39 is 5.82 Å². The minimum absolute atomic E-state index is 0.158. The molecule has 16 heavy (non-hydrogen) atoms. The van der Waals surface area contributed by atoms with Gasteiger partial charge in [0.25, 0.3) is 0 Å². The molecule has 0 saturated heterocycles. The minimum atomic E-state index is -0.402. The van der Waals surface area contributed by atoms with Gasteiger partial charge in [0, 0.05) is 28.8 Å². The molecule has 84 valence electrons. The summed E-state index contributed by atoms with van der Waals surface area (Å²) in [6.45, 7) is 3.05. The second-order valence-corrected chi connectivity index (χ2v) is 3.70. The second-order valence-electron chi connectivity index (χ2n) is 3.70. The van der Waals surface area contributed by atoms with Crippen LogP contribution in [0.3, 0.4) is 0 Å². The molecule has 0 bridgehead atoms. The number of halogens is 1. The highest BCUT2D eigenvalue weighted by atomic mass is 19.1. The Kier molecular flexibility index (Phi) is 2.42. The number of Topliss-reactive ketones (excluding diaryl/α,β-unsaturated/α-hetero) is 1. The molecule has 1 N–H and O–H groups in total. The Morgan fingerprint density at radius 3 is 2.75 bits per heavy atom. The zero-order valence-electron chi connectivity index (χ0n) is 9.35. The van der Waals surface area contributed by atoms with E-state index in [0.717, 1.165) is 0 Å². The van der Waals surface area contributed by atoms with E-state index in [9.17, 15) is 9.18 Å². The lowest BCUT2D eigenvalue weighted by atomic mass is 10.1. The summed E-state index contributed by atoms with van der Waals surface area (Å²) < 4.78 is 19.1. The Morgan fingerprint density at radius 2 is 2.19 bits per heavy atom. The number of hydrogen-bond donors (Lipinski definition) is 1. The Morgan fingerprint density at radius 1 is 1.50 bits per heavy atom. The van der Waals surface area contributed by atoms with Crippen LogP contribution in [0, 0.1) is 12.7 Å². The molecule has 3 nitrogen and oxygen atoms in total. The van der Waals surface area contributed by atoms with E-state index in [1.165, 1.54) is 20.2 Å². The van der Waals surface area contributed by atoms with Crippen molar-refractivity contribution in [3.63, 3.8) is 0 Å². The van der Waals surface area contributed by atoms with Gasteiger partial charge in [-0.15, -0.1) is 0 Å². The Labute approximate surface area is 92.2 Å². The number of ether oxygens (including phenoxy) is 1. The number of aromatic nitrogens is 1. The number of H-pyrrole nitrogens is 1. The van der Waals surface area contributed by atoms with E-state index in [1.807, 2.05) is 0 Å². The lowest BCUT2D eigenvalue weighted by Gasteiger charge is -2.06. The van der Waals surface area contributed by atoms with Crippen LogP contribution in [-0.2, 0) is 0 Å². The van der Waals surface area contributed by atoms with Crippen LogP contribution < -0.4 is 4.74 Å². The van der Waals surface area contributed by atoms with Crippen molar-refractivity contribution in [2.45, 2.75) is 13.8 Å². The molecule has 0 aliphatic carbocycles. The molecule has 1 heterocycles. The molecule has 0 amide bonds.